The Morgan fingerprint density at radius 2 is 1.87 bits per heavy atom. The number of benzene rings is 1. The molecule has 1 unspecified atom stereocenters. The SMILES string of the molecule is COc1cc(Br)ccc1C(CC(=O)O)B1OC(C)(C)C(C)(C)O1. The topological polar surface area (TPSA) is 65.0 Å². The van der Waals surface area contributed by atoms with Crippen molar-refractivity contribution in [2.45, 2.75) is 51.1 Å². The van der Waals surface area contributed by atoms with Gasteiger partial charge in [0.2, 0.25) is 0 Å². The van der Waals surface area contributed by atoms with E-state index in [1.54, 1.807) is 7.11 Å². The molecule has 0 bridgehead atoms. The molecule has 2 rings (SSSR count). The Balaban J connectivity index is 2.42. The molecular weight excluding hydrogens is 363 g/mol. The van der Waals surface area contributed by atoms with Crippen LogP contribution in [0.4, 0.5) is 0 Å². The maximum atomic E-state index is 11.4. The van der Waals surface area contributed by atoms with Crippen molar-refractivity contribution in [2.75, 3.05) is 7.11 Å². The number of methoxy groups -OCH3 is 1. The van der Waals surface area contributed by atoms with Gasteiger partial charge in [-0.15, -0.1) is 0 Å². The van der Waals surface area contributed by atoms with Gasteiger partial charge in [0.05, 0.1) is 24.7 Å². The van der Waals surface area contributed by atoms with Crippen LogP contribution in [-0.4, -0.2) is 36.5 Å². The second-order valence-electron chi connectivity index (χ2n) is 6.72. The quantitative estimate of drug-likeness (QED) is 0.785. The van der Waals surface area contributed by atoms with Crippen LogP contribution in [0, 0.1) is 0 Å². The van der Waals surface area contributed by atoms with Gasteiger partial charge in [-0.1, -0.05) is 22.0 Å². The summed E-state index contributed by atoms with van der Waals surface area (Å²) in [6, 6.07) is 5.52. The van der Waals surface area contributed by atoms with Crippen LogP contribution in [0.3, 0.4) is 0 Å². The third-order valence-electron chi connectivity index (χ3n) is 4.59. The predicted octanol–water partition coefficient (Wildman–Crippen LogP) is 3.65. The number of halogens is 1. The van der Waals surface area contributed by atoms with Crippen molar-refractivity contribution in [3.8, 4) is 5.75 Å². The van der Waals surface area contributed by atoms with Gasteiger partial charge in [0.25, 0.3) is 0 Å². The van der Waals surface area contributed by atoms with E-state index in [1.165, 1.54) is 0 Å². The largest absolute Gasteiger partial charge is 0.496 e. The molecule has 0 aliphatic carbocycles. The maximum absolute atomic E-state index is 11.4. The van der Waals surface area contributed by atoms with Crippen LogP contribution in [0.2, 0.25) is 0 Å². The van der Waals surface area contributed by atoms with Gasteiger partial charge in [-0.05, 0) is 45.4 Å². The van der Waals surface area contributed by atoms with Gasteiger partial charge >= 0.3 is 13.1 Å². The first-order chi connectivity index (χ1) is 10.6. The van der Waals surface area contributed by atoms with Crippen LogP contribution >= 0.6 is 15.9 Å². The van der Waals surface area contributed by atoms with Crippen molar-refractivity contribution in [3.63, 3.8) is 0 Å². The van der Waals surface area contributed by atoms with Gasteiger partial charge in [-0.25, -0.2) is 0 Å². The van der Waals surface area contributed by atoms with E-state index in [0.29, 0.717) is 5.75 Å². The zero-order chi connectivity index (χ0) is 17.4. The summed E-state index contributed by atoms with van der Waals surface area (Å²) >= 11 is 3.40. The van der Waals surface area contributed by atoms with Gasteiger partial charge in [0, 0.05) is 10.3 Å². The Morgan fingerprint density at radius 3 is 2.35 bits per heavy atom. The number of carbonyl (C=O) groups is 1. The molecule has 1 atom stereocenters. The summed E-state index contributed by atoms with van der Waals surface area (Å²) in [5, 5.41) is 9.32. The van der Waals surface area contributed by atoms with E-state index >= 15 is 0 Å². The number of aliphatic carboxylic acids is 1. The zero-order valence-electron chi connectivity index (χ0n) is 14.1. The molecule has 1 aromatic carbocycles. The van der Waals surface area contributed by atoms with Crippen LogP contribution in [-0.2, 0) is 14.1 Å². The monoisotopic (exact) mass is 384 g/mol. The fraction of sp³-hybridized carbons (Fsp3) is 0.562. The molecule has 1 fully saturated rings. The molecule has 23 heavy (non-hydrogen) atoms. The van der Waals surface area contributed by atoms with Gasteiger partial charge in [-0.3, -0.25) is 4.79 Å². The molecule has 1 N–H and O–H groups in total. The second-order valence-corrected chi connectivity index (χ2v) is 7.63. The van der Waals surface area contributed by atoms with E-state index < -0.39 is 30.1 Å². The normalized spacial score (nSPS) is 20.3. The number of hydrogen-bond donors (Lipinski definition) is 1. The molecule has 0 saturated carbocycles. The first-order valence-corrected chi connectivity index (χ1v) is 8.27. The highest BCUT2D eigenvalue weighted by Gasteiger charge is 2.54. The maximum Gasteiger partial charge on any atom is 0.466 e. The molecule has 1 aliphatic heterocycles. The highest BCUT2D eigenvalue weighted by molar-refractivity contribution is 9.10. The van der Waals surface area contributed by atoms with Crippen molar-refractivity contribution in [1.82, 2.24) is 0 Å². The number of carboxylic acid groups (broad SMARTS) is 1. The van der Waals surface area contributed by atoms with E-state index in [2.05, 4.69) is 15.9 Å². The van der Waals surface area contributed by atoms with Crippen LogP contribution in [0.1, 0.15) is 45.5 Å². The fourth-order valence-corrected chi connectivity index (χ4v) is 2.93. The molecular formula is C16H22BBrO5. The summed E-state index contributed by atoms with van der Waals surface area (Å²) < 4.78 is 18.4. The lowest BCUT2D eigenvalue weighted by atomic mass is 9.66. The summed E-state index contributed by atoms with van der Waals surface area (Å²) in [6.07, 6.45) is -0.102. The first-order valence-electron chi connectivity index (χ1n) is 7.48. The highest BCUT2D eigenvalue weighted by atomic mass is 79.9. The molecule has 1 aliphatic rings. The van der Waals surface area contributed by atoms with E-state index in [1.807, 2.05) is 45.9 Å². The predicted molar refractivity (Wildman–Crippen MR) is 91.8 cm³/mol. The standard InChI is InChI=1S/C16H22BBrO5/c1-15(2)16(3,4)23-17(22-15)12(9-14(19)20)11-7-6-10(18)8-13(11)21-5/h6-8,12H,9H2,1-5H3,(H,19,20). The molecule has 5 nitrogen and oxygen atoms in total. The molecule has 126 valence electrons. The van der Waals surface area contributed by atoms with Crippen LogP contribution < -0.4 is 4.74 Å². The van der Waals surface area contributed by atoms with Gasteiger partial charge in [0.15, 0.2) is 0 Å². The molecule has 0 spiro atoms. The van der Waals surface area contributed by atoms with Gasteiger partial charge in [0.1, 0.15) is 5.75 Å². The molecule has 7 heteroatoms. The van der Waals surface area contributed by atoms with Crippen LogP contribution in [0.5, 0.6) is 5.75 Å². The van der Waals surface area contributed by atoms with Gasteiger partial charge in [-0.2, -0.15) is 0 Å². The Bertz CT molecular complexity index is 586. The third-order valence-corrected chi connectivity index (χ3v) is 5.08. The van der Waals surface area contributed by atoms with Crippen molar-refractivity contribution in [2.24, 2.45) is 0 Å². The van der Waals surface area contributed by atoms with E-state index in [0.717, 1.165) is 10.0 Å². The Hall–Kier alpha value is -1.05. The number of ether oxygens (including phenoxy) is 1. The minimum atomic E-state index is -0.908. The Labute approximate surface area is 145 Å². The lowest BCUT2D eigenvalue weighted by Crippen LogP contribution is -2.41. The summed E-state index contributed by atoms with van der Waals surface area (Å²) in [6.45, 7) is 7.79. The summed E-state index contributed by atoms with van der Waals surface area (Å²) in [5.41, 5.74) is -0.273. The zero-order valence-corrected chi connectivity index (χ0v) is 15.6. The number of rotatable bonds is 5. The van der Waals surface area contributed by atoms with Crippen LogP contribution in [0.25, 0.3) is 0 Å². The van der Waals surface area contributed by atoms with E-state index in [4.69, 9.17) is 14.0 Å². The van der Waals surface area contributed by atoms with Gasteiger partial charge < -0.3 is 19.2 Å². The minimum absolute atomic E-state index is 0.102. The lowest BCUT2D eigenvalue weighted by Gasteiger charge is -2.32. The minimum Gasteiger partial charge on any atom is -0.496 e. The van der Waals surface area contributed by atoms with E-state index in [9.17, 15) is 9.90 Å². The number of carboxylic acids is 1. The van der Waals surface area contributed by atoms with Crippen molar-refractivity contribution < 1.29 is 23.9 Å². The lowest BCUT2D eigenvalue weighted by molar-refractivity contribution is -0.137. The second kappa shape index (κ2) is 6.45. The summed E-state index contributed by atoms with van der Waals surface area (Å²) in [4.78, 5) is 11.4. The molecule has 0 aromatic heterocycles. The summed E-state index contributed by atoms with van der Waals surface area (Å²) in [7, 11) is 0.916. The van der Waals surface area contributed by atoms with Crippen molar-refractivity contribution >= 4 is 29.0 Å². The van der Waals surface area contributed by atoms with E-state index in [-0.39, 0.29) is 6.42 Å². The average molecular weight is 385 g/mol. The van der Waals surface area contributed by atoms with Crippen LogP contribution in [0.15, 0.2) is 22.7 Å². The fourth-order valence-electron chi connectivity index (χ4n) is 2.59. The van der Waals surface area contributed by atoms with Crippen molar-refractivity contribution in [1.29, 1.82) is 0 Å². The summed E-state index contributed by atoms with van der Waals surface area (Å²) in [5.74, 6) is -0.758. The average Bonchev–Trinajstić information content (AvgIpc) is 2.64. The highest BCUT2D eigenvalue weighted by Crippen LogP contribution is 2.43. The Kier molecular flexibility index (Phi) is 5.13. The third kappa shape index (κ3) is 3.73. The molecule has 1 saturated heterocycles. The Morgan fingerprint density at radius 1 is 1.30 bits per heavy atom. The molecule has 1 aromatic rings. The van der Waals surface area contributed by atoms with Crippen molar-refractivity contribution in [3.05, 3.63) is 28.2 Å². The molecule has 0 amide bonds. The first kappa shape index (κ1) is 18.3. The smallest absolute Gasteiger partial charge is 0.466 e. The molecule has 0 radical (unpaired) electrons. The number of hydrogen-bond acceptors (Lipinski definition) is 4. The molecule has 1 heterocycles.